The van der Waals surface area contributed by atoms with Crippen molar-refractivity contribution in [1.82, 2.24) is 10.3 Å². The zero-order valence-electron chi connectivity index (χ0n) is 11.7. The molecule has 0 bridgehead atoms. The average Bonchev–Trinajstić information content (AvgIpc) is 2.49. The fraction of sp³-hybridized carbons (Fsp3) is 0.353. The molecule has 1 heterocycles. The predicted octanol–water partition coefficient (Wildman–Crippen LogP) is 3.93. The summed E-state index contributed by atoms with van der Waals surface area (Å²) in [6.07, 6.45) is 4.85. The fourth-order valence-corrected chi connectivity index (χ4v) is 2.23. The van der Waals surface area contributed by atoms with E-state index in [2.05, 4.69) is 66.6 Å². The summed E-state index contributed by atoms with van der Waals surface area (Å²) in [5, 5.41) is 3.57. The van der Waals surface area contributed by atoms with Gasteiger partial charge in [-0.1, -0.05) is 37.3 Å². The molecule has 0 saturated carbocycles. The lowest BCUT2D eigenvalue weighted by atomic mass is 9.98. The number of aromatic nitrogens is 1. The Labute approximate surface area is 115 Å². The zero-order valence-corrected chi connectivity index (χ0v) is 11.7. The Hall–Kier alpha value is -1.67. The predicted molar refractivity (Wildman–Crippen MR) is 80.1 cm³/mol. The Morgan fingerprint density at radius 3 is 2.32 bits per heavy atom. The van der Waals surface area contributed by atoms with Crippen molar-refractivity contribution in [3.8, 4) is 0 Å². The molecule has 2 aromatic rings. The Morgan fingerprint density at radius 1 is 0.947 bits per heavy atom. The van der Waals surface area contributed by atoms with Crippen molar-refractivity contribution in [3.05, 3.63) is 66.0 Å². The second kappa shape index (κ2) is 7.05. The molecule has 0 saturated heterocycles. The van der Waals surface area contributed by atoms with Crippen molar-refractivity contribution < 1.29 is 0 Å². The number of rotatable bonds is 6. The van der Waals surface area contributed by atoms with Gasteiger partial charge in [0.25, 0.3) is 0 Å². The zero-order chi connectivity index (χ0) is 13.5. The molecule has 0 aliphatic heterocycles. The summed E-state index contributed by atoms with van der Waals surface area (Å²) in [6, 6.07) is 15.2. The summed E-state index contributed by atoms with van der Waals surface area (Å²) >= 11 is 0. The van der Waals surface area contributed by atoms with Crippen LogP contribution in [0.5, 0.6) is 0 Å². The van der Waals surface area contributed by atoms with Crippen LogP contribution in [0, 0.1) is 0 Å². The molecule has 19 heavy (non-hydrogen) atoms. The molecule has 0 fully saturated rings. The monoisotopic (exact) mass is 254 g/mol. The maximum absolute atomic E-state index is 4.05. The molecule has 1 aromatic carbocycles. The molecular weight excluding hydrogens is 232 g/mol. The third-order valence-corrected chi connectivity index (χ3v) is 3.60. The van der Waals surface area contributed by atoms with Gasteiger partial charge in [0, 0.05) is 18.4 Å². The molecule has 2 nitrogen and oxygen atoms in total. The molecule has 0 amide bonds. The SMILES string of the molecule is CC(CCNC(C)c1ccncc1)c1ccccc1. The Kier molecular flexibility index (Phi) is 5.10. The van der Waals surface area contributed by atoms with Crippen LogP contribution in [0.2, 0.25) is 0 Å². The molecule has 1 aromatic heterocycles. The van der Waals surface area contributed by atoms with Gasteiger partial charge >= 0.3 is 0 Å². The van der Waals surface area contributed by atoms with Crippen LogP contribution in [0.25, 0.3) is 0 Å². The highest BCUT2D eigenvalue weighted by molar-refractivity contribution is 5.18. The quantitative estimate of drug-likeness (QED) is 0.845. The molecular formula is C17H22N2. The van der Waals surface area contributed by atoms with Crippen LogP contribution in [-0.2, 0) is 0 Å². The summed E-state index contributed by atoms with van der Waals surface area (Å²) in [6.45, 7) is 5.51. The van der Waals surface area contributed by atoms with Crippen molar-refractivity contribution in [2.45, 2.75) is 32.2 Å². The summed E-state index contributed by atoms with van der Waals surface area (Å²) in [5.74, 6) is 0.596. The van der Waals surface area contributed by atoms with Crippen molar-refractivity contribution >= 4 is 0 Å². The number of benzene rings is 1. The Balaban J connectivity index is 1.78. The van der Waals surface area contributed by atoms with Crippen molar-refractivity contribution in [2.75, 3.05) is 6.54 Å². The molecule has 1 N–H and O–H groups in total. The van der Waals surface area contributed by atoms with Gasteiger partial charge in [-0.2, -0.15) is 0 Å². The Bertz CT molecular complexity index is 422. The second-order valence-electron chi connectivity index (χ2n) is 5.06. The van der Waals surface area contributed by atoms with E-state index in [4.69, 9.17) is 0 Å². The van der Waals surface area contributed by atoms with E-state index in [1.165, 1.54) is 11.1 Å². The summed E-state index contributed by atoms with van der Waals surface area (Å²) < 4.78 is 0. The van der Waals surface area contributed by atoms with Crippen molar-refractivity contribution in [1.29, 1.82) is 0 Å². The molecule has 0 spiro atoms. The first-order valence-corrected chi connectivity index (χ1v) is 6.95. The van der Waals surface area contributed by atoms with E-state index in [-0.39, 0.29) is 0 Å². The molecule has 0 aliphatic rings. The molecule has 2 atom stereocenters. The van der Waals surface area contributed by atoms with Gasteiger partial charge < -0.3 is 5.32 Å². The maximum atomic E-state index is 4.05. The van der Waals surface area contributed by atoms with Gasteiger partial charge in [-0.3, -0.25) is 4.98 Å². The van der Waals surface area contributed by atoms with Crippen LogP contribution in [0.1, 0.15) is 43.4 Å². The fourth-order valence-electron chi connectivity index (χ4n) is 2.23. The van der Waals surface area contributed by atoms with Crippen LogP contribution in [-0.4, -0.2) is 11.5 Å². The average molecular weight is 254 g/mol. The minimum Gasteiger partial charge on any atom is -0.310 e. The summed E-state index contributed by atoms with van der Waals surface area (Å²) in [7, 11) is 0. The minimum atomic E-state index is 0.381. The first-order valence-electron chi connectivity index (χ1n) is 6.95. The molecule has 2 heteroatoms. The molecule has 2 unspecified atom stereocenters. The van der Waals surface area contributed by atoms with E-state index in [1.54, 1.807) is 0 Å². The van der Waals surface area contributed by atoms with E-state index in [1.807, 2.05) is 12.4 Å². The first-order chi connectivity index (χ1) is 9.27. The molecule has 2 rings (SSSR count). The van der Waals surface area contributed by atoms with Gasteiger partial charge in [-0.15, -0.1) is 0 Å². The third-order valence-electron chi connectivity index (χ3n) is 3.60. The number of nitrogens with zero attached hydrogens (tertiary/aromatic N) is 1. The lowest BCUT2D eigenvalue weighted by Crippen LogP contribution is -2.21. The highest BCUT2D eigenvalue weighted by Gasteiger charge is 2.07. The number of pyridine rings is 1. The van der Waals surface area contributed by atoms with Crippen LogP contribution in [0.4, 0.5) is 0 Å². The van der Waals surface area contributed by atoms with Crippen molar-refractivity contribution in [2.24, 2.45) is 0 Å². The normalized spacial score (nSPS) is 14.0. The second-order valence-corrected chi connectivity index (χ2v) is 5.06. The van der Waals surface area contributed by atoms with Gasteiger partial charge in [-0.25, -0.2) is 0 Å². The van der Waals surface area contributed by atoms with E-state index in [0.717, 1.165) is 13.0 Å². The van der Waals surface area contributed by atoms with E-state index < -0.39 is 0 Å². The highest BCUT2D eigenvalue weighted by Crippen LogP contribution is 2.18. The lowest BCUT2D eigenvalue weighted by molar-refractivity contribution is 0.531. The smallest absolute Gasteiger partial charge is 0.0292 e. The Morgan fingerprint density at radius 2 is 1.63 bits per heavy atom. The van der Waals surface area contributed by atoms with E-state index in [0.29, 0.717) is 12.0 Å². The van der Waals surface area contributed by atoms with Gasteiger partial charge in [0.15, 0.2) is 0 Å². The largest absolute Gasteiger partial charge is 0.310 e. The first kappa shape index (κ1) is 13.8. The third kappa shape index (κ3) is 4.18. The number of hydrogen-bond acceptors (Lipinski definition) is 2. The van der Waals surface area contributed by atoms with Gasteiger partial charge in [0.2, 0.25) is 0 Å². The van der Waals surface area contributed by atoms with Crippen LogP contribution >= 0.6 is 0 Å². The van der Waals surface area contributed by atoms with E-state index in [9.17, 15) is 0 Å². The molecule has 0 aliphatic carbocycles. The van der Waals surface area contributed by atoms with Crippen LogP contribution in [0.15, 0.2) is 54.9 Å². The van der Waals surface area contributed by atoms with E-state index >= 15 is 0 Å². The van der Waals surface area contributed by atoms with Gasteiger partial charge in [0.1, 0.15) is 0 Å². The number of nitrogens with one attached hydrogen (secondary N) is 1. The van der Waals surface area contributed by atoms with Crippen molar-refractivity contribution in [3.63, 3.8) is 0 Å². The van der Waals surface area contributed by atoms with Gasteiger partial charge in [0.05, 0.1) is 0 Å². The van der Waals surface area contributed by atoms with Crippen LogP contribution < -0.4 is 5.32 Å². The number of hydrogen-bond donors (Lipinski definition) is 1. The molecule has 100 valence electrons. The van der Waals surface area contributed by atoms with Crippen LogP contribution in [0.3, 0.4) is 0 Å². The maximum Gasteiger partial charge on any atom is 0.0292 e. The topological polar surface area (TPSA) is 24.9 Å². The molecule has 0 radical (unpaired) electrons. The lowest BCUT2D eigenvalue weighted by Gasteiger charge is -2.16. The summed E-state index contributed by atoms with van der Waals surface area (Å²) in [5.41, 5.74) is 2.71. The standard InChI is InChI=1S/C17H22N2/c1-14(16-6-4-3-5-7-16)8-13-19-15(2)17-9-11-18-12-10-17/h3-7,9-12,14-15,19H,8,13H2,1-2H3. The highest BCUT2D eigenvalue weighted by atomic mass is 14.9. The van der Waals surface area contributed by atoms with Gasteiger partial charge in [-0.05, 0) is 49.1 Å². The minimum absolute atomic E-state index is 0.381. The summed E-state index contributed by atoms with van der Waals surface area (Å²) in [4.78, 5) is 4.05.